The summed E-state index contributed by atoms with van der Waals surface area (Å²) in [6.07, 6.45) is 1.29. The number of benzene rings is 1. The van der Waals surface area contributed by atoms with Crippen molar-refractivity contribution in [3.05, 3.63) is 48.2 Å². The lowest BCUT2D eigenvalue weighted by Crippen LogP contribution is -2.21. The molecule has 0 aliphatic carbocycles. The molecular formula is C16H14F2N2O4S. The summed E-state index contributed by atoms with van der Waals surface area (Å²) in [6, 6.07) is 9.35. The van der Waals surface area contributed by atoms with Crippen LogP contribution >= 0.6 is 11.8 Å². The van der Waals surface area contributed by atoms with Gasteiger partial charge < -0.3 is 14.8 Å². The third kappa shape index (κ3) is 5.71. The van der Waals surface area contributed by atoms with Crippen molar-refractivity contribution in [2.45, 2.75) is 10.8 Å². The van der Waals surface area contributed by atoms with Crippen molar-refractivity contribution >= 4 is 29.3 Å². The van der Waals surface area contributed by atoms with Crippen LogP contribution in [0.2, 0.25) is 0 Å². The van der Waals surface area contributed by atoms with Crippen molar-refractivity contribution in [3.8, 4) is 5.75 Å². The molecule has 1 amide bonds. The standard InChI is InChI=1S/C16H14F2N2O4S/c1-23-11-5-2-4-10(8-11)20-13(21)9-24-15(22)12-6-3-7-19-14(12)25-16(17)18/h2-8,16H,9H2,1H3,(H,20,21). The Bertz CT molecular complexity index is 758. The molecule has 0 radical (unpaired) electrons. The van der Waals surface area contributed by atoms with E-state index < -0.39 is 24.2 Å². The van der Waals surface area contributed by atoms with Crippen LogP contribution in [0, 0.1) is 0 Å². The van der Waals surface area contributed by atoms with Crippen LogP contribution in [0.4, 0.5) is 14.5 Å². The van der Waals surface area contributed by atoms with Crippen molar-refractivity contribution in [1.82, 2.24) is 4.98 Å². The predicted octanol–water partition coefficient (Wildman–Crippen LogP) is 3.20. The van der Waals surface area contributed by atoms with Crippen molar-refractivity contribution in [1.29, 1.82) is 0 Å². The number of carbonyl (C=O) groups is 2. The second-order valence-electron chi connectivity index (χ2n) is 4.59. The van der Waals surface area contributed by atoms with Crippen molar-refractivity contribution in [2.75, 3.05) is 19.0 Å². The molecule has 0 spiro atoms. The molecule has 9 heteroatoms. The number of rotatable bonds is 7. The number of alkyl halides is 2. The fourth-order valence-electron chi connectivity index (χ4n) is 1.83. The average molecular weight is 368 g/mol. The monoisotopic (exact) mass is 368 g/mol. The number of anilines is 1. The normalized spacial score (nSPS) is 10.4. The number of hydrogen-bond acceptors (Lipinski definition) is 6. The molecule has 0 fully saturated rings. The Hall–Kier alpha value is -2.68. The summed E-state index contributed by atoms with van der Waals surface area (Å²) in [4.78, 5) is 27.5. The van der Waals surface area contributed by atoms with E-state index in [9.17, 15) is 18.4 Å². The van der Waals surface area contributed by atoms with Crippen LogP contribution in [-0.2, 0) is 9.53 Å². The molecule has 2 aromatic rings. The van der Waals surface area contributed by atoms with Crippen LogP contribution in [0.5, 0.6) is 5.75 Å². The third-order valence-electron chi connectivity index (χ3n) is 2.88. The number of ether oxygens (including phenoxy) is 2. The lowest BCUT2D eigenvalue weighted by molar-refractivity contribution is -0.119. The Morgan fingerprint density at radius 2 is 2.08 bits per heavy atom. The molecule has 2 rings (SSSR count). The molecule has 0 aliphatic heterocycles. The van der Waals surface area contributed by atoms with Crippen LogP contribution in [0.25, 0.3) is 0 Å². The summed E-state index contributed by atoms with van der Waals surface area (Å²) in [5.41, 5.74) is 0.345. The number of amides is 1. The van der Waals surface area contributed by atoms with Gasteiger partial charge in [-0.15, -0.1) is 0 Å². The molecule has 0 saturated carbocycles. The Balaban J connectivity index is 1.94. The maximum absolute atomic E-state index is 12.5. The molecule has 0 atom stereocenters. The molecular weight excluding hydrogens is 354 g/mol. The molecule has 132 valence electrons. The summed E-state index contributed by atoms with van der Waals surface area (Å²) >= 11 is 0.135. The maximum atomic E-state index is 12.5. The first-order chi connectivity index (χ1) is 12.0. The second kappa shape index (κ2) is 8.97. The van der Waals surface area contributed by atoms with Crippen LogP contribution in [0.1, 0.15) is 10.4 Å². The van der Waals surface area contributed by atoms with E-state index in [1.54, 1.807) is 24.3 Å². The smallest absolute Gasteiger partial charge is 0.341 e. The summed E-state index contributed by atoms with van der Waals surface area (Å²) in [7, 11) is 1.49. The number of hydrogen-bond donors (Lipinski definition) is 1. The molecule has 0 bridgehead atoms. The van der Waals surface area contributed by atoms with E-state index >= 15 is 0 Å². The van der Waals surface area contributed by atoms with Gasteiger partial charge in [0.2, 0.25) is 0 Å². The number of carbonyl (C=O) groups excluding carboxylic acids is 2. The number of pyridine rings is 1. The highest BCUT2D eigenvalue weighted by Gasteiger charge is 2.18. The Kier molecular flexibility index (Phi) is 6.70. The highest BCUT2D eigenvalue weighted by Crippen LogP contribution is 2.26. The molecule has 0 unspecified atom stereocenters. The van der Waals surface area contributed by atoms with E-state index in [0.717, 1.165) is 0 Å². The summed E-state index contributed by atoms with van der Waals surface area (Å²) in [5, 5.41) is 2.38. The number of halogens is 2. The Morgan fingerprint density at radius 1 is 1.28 bits per heavy atom. The SMILES string of the molecule is COc1cccc(NC(=O)COC(=O)c2cccnc2SC(F)F)c1. The fraction of sp³-hybridized carbons (Fsp3) is 0.188. The molecule has 25 heavy (non-hydrogen) atoms. The van der Waals surface area contributed by atoms with Gasteiger partial charge in [-0.2, -0.15) is 8.78 Å². The van der Waals surface area contributed by atoms with Gasteiger partial charge >= 0.3 is 5.97 Å². The van der Waals surface area contributed by atoms with Gasteiger partial charge in [-0.05, 0) is 36.0 Å². The van der Waals surface area contributed by atoms with Gasteiger partial charge in [0.1, 0.15) is 10.8 Å². The number of nitrogens with one attached hydrogen (secondary N) is 1. The number of esters is 1. The minimum atomic E-state index is -2.72. The van der Waals surface area contributed by atoms with Crippen LogP contribution in [0.15, 0.2) is 47.6 Å². The molecule has 1 N–H and O–H groups in total. The first-order valence-corrected chi connectivity index (χ1v) is 7.88. The van der Waals surface area contributed by atoms with Crippen LogP contribution in [-0.4, -0.2) is 36.3 Å². The highest BCUT2D eigenvalue weighted by molar-refractivity contribution is 7.99. The van der Waals surface area contributed by atoms with E-state index in [1.165, 1.54) is 25.4 Å². The van der Waals surface area contributed by atoms with Gasteiger partial charge in [0.15, 0.2) is 6.61 Å². The van der Waals surface area contributed by atoms with Crippen molar-refractivity contribution < 1.29 is 27.8 Å². The van der Waals surface area contributed by atoms with Gasteiger partial charge in [-0.25, -0.2) is 9.78 Å². The molecule has 1 aromatic carbocycles. The number of thioether (sulfide) groups is 1. The summed E-state index contributed by atoms with van der Waals surface area (Å²) in [5.74, 6) is -3.65. The molecule has 0 aliphatic rings. The predicted molar refractivity (Wildman–Crippen MR) is 88.0 cm³/mol. The lowest BCUT2D eigenvalue weighted by atomic mass is 10.3. The largest absolute Gasteiger partial charge is 0.497 e. The van der Waals surface area contributed by atoms with E-state index in [4.69, 9.17) is 9.47 Å². The van der Waals surface area contributed by atoms with Crippen LogP contribution < -0.4 is 10.1 Å². The van der Waals surface area contributed by atoms with Gasteiger partial charge in [0.05, 0.1) is 12.7 Å². The average Bonchev–Trinajstić information content (AvgIpc) is 2.60. The van der Waals surface area contributed by atoms with Gasteiger partial charge in [-0.1, -0.05) is 6.07 Å². The minimum Gasteiger partial charge on any atom is -0.497 e. The zero-order valence-electron chi connectivity index (χ0n) is 13.1. The zero-order chi connectivity index (χ0) is 18.2. The molecule has 0 saturated heterocycles. The first-order valence-electron chi connectivity index (χ1n) is 7.00. The quantitative estimate of drug-likeness (QED) is 0.597. The van der Waals surface area contributed by atoms with Crippen molar-refractivity contribution in [3.63, 3.8) is 0 Å². The van der Waals surface area contributed by atoms with Crippen molar-refractivity contribution in [2.24, 2.45) is 0 Å². The third-order valence-corrected chi connectivity index (χ3v) is 3.61. The minimum absolute atomic E-state index is 0.123. The first kappa shape index (κ1) is 18.7. The number of aromatic nitrogens is 1. The lowest BCUT2D eigenvalue weighted by Gasteiger charge is -2.09. The summed E-state index contributed by atoms with van der Waals surface area (Å²) in [6.45, 7) is -0.566. The number of nitrogens with zero attached hydrogens (tertiary/aromatic N) is 1. The topological polar surface area (TPSA) is 77.5 Å². The summed E-state index contributed by atoms with van der Waals surface area (Å²) < 4.78 is 34.8. The second-order valence-corrected chi connectivity index (χ2v) is 5.57. The van der Waals surface area contributed by atoms with E-state index in [-0.39, 0.29) is 22.4 Å². The van der Waals surface area contributed by atoms with Crippen LogP contribution in [0.3, 0.4) is 0 Å². The maximum Gasteiger partial charge on any atom is 0.341 e. The molecule has 6 nitrogen and oxygen atoms in total. The van der Waals surface area contributed by atoms with E-state index in [2.05, 4.69) is 10.3 Å². The van der Waals surface area contributed by atoms with Gasteiger partial charge in [0.25, 0.3) is 11.7 Å². The molecule has 1 heterocycles. The fourth-order valence-corrected chi connectivity index (χ4v) is 2.40. The van der Waals surface area contributed by atoms with E-state index in [1.807, 2.05) is 0 Å². The Labute approximate surface area is 146 Å². The van der Waals surface area contributed by atoms with Gasteiger partial charge in [-0.3, -0.25) is 4.79 Å². The highest BCUT2D eigenvalue weighted by atomic mass is 32.2. The Morgan fingerprint density at radius 3 is 2.80 bits per heavy atom. The van der Waals surface area contributed by atoms with Gasteiger partial charge in [0, 0.05) is 18.0 Å². The van der Waals surface area contributed by atoms with E-state index in [0.29, 0.717) is 11.4 Å². The zero-order valence-corrected chi connectivity index (χ0v) is 13.9. The number of methoxy groups -OCH3 is 1. The molecule has 1 aromatic heterocycles.